The Hall–Kier alpha value is -1.95. The van der Waals surface area contributed by atoms with Gasteiger partial charge in [-0.2, -0.15) is 4.99 Å². The summed E-state index contributed by atoms with van der Waals surface area (Å²) in [5.41, 5.74) is -0.913. The molecule has 0 aliphatic carbocycles. The zero-order valence-electron chi connectivity index (χ0n) is 12.3. The minimum absolute atomic E-state index is 0.0195. The Morgan fingerprint density at radius 3 is 2.86 bits per heavy atom. The maximum Gasteiger partial charge on any atom is 0.274 e. The summed E-state index contributed by atoms with van der Waals surface area (Å²) in [6, 6.07) is 0. The van der Waals surface area contributed by atoms with Crippen molar-refractivity contribution in [3.8, 4) is 0 Å². The van der Waals surface area contributed by atoms with E-state index in [-0.39, 0.29) is 23.7 Å². The second-order valence-corrected chi connectivity index (χ2v) is 6.38. The summed E-state index contributed by atoms with van der Waals surface area (Å²) in [5.74, 6) is 0.178. The molecule has 3 aliphatic rings. The molecule has 2 amide bonds. The highest BCUT2D eigenvalue weighted by Crippen LogP contribution is 2.30. The first-order valence-electron chi connectivity index (χ1n) is 7.05. The number of amides is 2. The van der Waals surface area contributed by atoms with E-state index in [4.69, 9.17) is 4.74 Å². The van der Waals surface area contributed by atoms with Crippen molar-refractivity contribution >= 4 is 17.6 Å². The number of allylic oxidation sites excluding steroid dienone is 2. The fourth-order valence-corrected chi connectivity index (χ4v) is 2.67. The van der Waals surface area contributed by atoms with E-state index >= 15 is 0 Å². The Balaban J connectivity index is 1.63. The molecule has 1 N–H and O–H groups in total. The molecule has 0 unspecified atom stereocenters. The number of fused-ring (bicyclic) bond motifs is 1. The normalized spacial score (nSPS) is 29.0. The van der Waals surface area contributed by atoms with Crippen molar-refractivity contribution in [2.24, 2.45) is 10.4 Å². The zero-order valence-corrected chi connectivity index (χ0v) is 12.3. The number of nitrogens with one attached hydrogen (secondary N) is 1. The molecule has 6 heteroatoms. The maximum absolute atomic E-state index is 12.2. The van der Waals surface area contributed by atoms with E-state index in [0.29, 0.717) is 25.6 Å². The standard InChI is InChI=1S/C15H19N3O3/c1-14(9-21-10-14)8-16-12(19)7-15(2)13(20)17-11-5-3-4-6-18(11)15/h3-6H,7-10H2,1-2H3,(H,16,19)/t15-/m0/s1. The van der Waals surface area contributed by atoms with Crippen LogP contribution in [0.1, 0.15) is 20.3 Å². The van der Waals surface area contributed by atoms with E-state index < -0.39 is 5.54 Å². The van der Waals surface area contributed by atoms with Crippen molar-refractivity contribution in [3.05, 3.63) is 24.4 Å². The van der Waals surface area contributed by atoms with E-state index in [1.54, 1.807) is 24.1 Å². The van der Waals surface area contributed by atoms with Crippen LogP contribution in [0.3, 0.4) is 0 Å². The molecule has 0 bridgehead atoms. The predicted molar refractivity (Wildman–Crippen MR) is 77.5 cm³/mol. The molecule has 6 nitrogen and oxygen atoms in total. The van der Waals surface area contributed by atoms with Gasteiger partial charge >= 0.3 is 0 Å². The molecule has 21 heavy (non-hydrogen) atoms. The first-order valence-corrected chi connectivity index (χ1v) is 7.05. The molecule has 3 heterocycles. The topological polar surface area (TPSA) is 71.0 Å². The first kappa shape index (κ1) is 14.0. The summed E-state index contributed by atoms with van der Waals surface area (Å²) in [6.07, 6.45) is 7.31. The van der Waals surface area contributed by atoms with Gasteiger partial charge in [0.05, 0.1) is 19.6 Å². The third kappa shape index (κ3) is 2.40. The fraction of sp³-hybridized carbons (Fsp3) is 0.533. The average Bonchev–Trinajstić information content (AvgIpc) is 2.67. The number of nitrogens with zero attached hydrogens (tertiary/aromatic N) is 2. The molecule has 0 aromatic carbocycles. The van der Waals surface area contributed by atoms with Crippen molar-refractivity contribution in [1.29, 1.82) is 0 Å². The van der Waals surface area contributed by atoms with Crippen LogP contribution in [0.25, 0.3) is 0 Å². The quantitative estimate of drug-likeness (QED) is 0.823. The lowest BCUT2D eigenvalue weighted by Gasteiger charge is -2.38. The zero-order chi connectivity index (χ0) is 15.1. The largest absolute Gasteiger partial charge is 0.380 e. The van der Waals surface area contributed by atoms with Crippen molar-refractivity contribution in [2.45, 2.75) is 25.8 Å². The summed E-state index contributed by atoms with van der Waals surface area (Å²) >= 11 is 0. The fourth-order valence-electron chi connectivity index (χ4n) is 2.67. The molecule has 1 fully saturated rings. The summed E-state index contributed by atoms with van der Waals surface area (Å²) in [6.45, 7) is 5.72. The molecule has 1 saturated heterocycles. The molecule has 0 radical (unpaired) electrons. The van der Waals surface area contributed by atoms with Crippen LogP contribution in [-0.4, -0.2) is 47.8 Å². The lowest BCUT2D eigenvalue weighted by atomic mass is 9.88. The second kappa shape index (κ2) is 4.80. The lowest BCUT2D eigenvalue weighted by Crippen LogP contribution is -2.52. The van der Waals surface area contributed by atoms with Gasteiger partial charge in [-0.25, -0.2) is 0 Å². The van der Waals surface area contributed by atoms with Crippen LogP contribution in [0, 0.1) is 5.41 Å². The predicted octanol–water partition coefficient (Wildman–Crippen LogP) is 0.612. The highest BCUT2D eigenvalue weighted by Gasteiger charge is 2.47. The minimum Gasteiger partial charge on any atom is -0.380 e. The molecule has 3 rings (SSSR count). The molecule has 0 saturated carbocycles. The van der Waals surface area contributed by atoms with Crippen LogP contribution in [0.2, 0.25) is 0 Å². The van der Waals surface area contributed by atoms with Crippen LogP contribution >= 0.6 is 0 Å². The van der Waals surface area contributed by atoms with Gasteiger partial charge in [-0.15, -0.1) is 0 Å². The lowest BCUT2D eigenvalue weighted by molar-refractivity contribution is -0.133. The van der Waals surface area contributed by atoms with Crippen LogP contribution in [0.4, 0.5) is 0 Å². The molecular weight excluding hydrogens is 270 g/mol. The number of ether oxygens (including phenoxy) is 1. The Kier molecular flexibility index (Phi) is 3.20. The Labute approximate surface area is 123 Å². The SMILES string of the molecule is CC1(CNC(=O)C[C@@]2(C)C(=O)N=C3C=CC=CN32)COC1. The molecule has 0 spiro atoms. The highest BCUT2D eigenvalue weighted by atomic mass is 16.5. The van der Waals surface area contributed by atoms with Gasteiger partial charge in [0.15, 0.2) is 0 Å². The molecule has 3 aliphatic heterocycles. The molecular formula is C15H19N3O3. The summed E-state index contributed by atoms with van der Waals surface area (Å²) in [5, 5.41) is 2.90. The monoisotopic (exact) mass is 289 g/mol. The number of carbonyl (C=O) groups excluding carboxylic acids is 2. The van der Waals surface area contributed by atoms with Crippen LogP contribution < -0.4 is 5.32 Å². The van der Waals surface area contributed by atoms with Gasteiger partial charge in [-0.3, -0.25) is 9.59 Å². The van der Waals surface area contributed by atoms with Crippen LogP contribution in [-0.2, 0) is 14.3 Å². The molecule has 112 valence electrons. The van der Waals surface area contributed by atoms with E-state index in [0.717, 1.165) is 0 Å². The highest BCUT2D eigenvalue weighted by molar-refractivity contribution is 6.13. The summed E-state index contributed by atoms with van der Waals surface area (Å²) in [4.78, 5) is 30.1. The maximum atomic E-state index is 12.2. The van der Waals surface area contributed by atoms with Crippen molar-refractivity contribution < 1.29 is 14.3 Å². The minimum atomic E-state index is -0.933. The second-order valence-electron chi connectivity index (χ2n) is 6.38. The summed E-state index contributed by atoms with van der Waals surface area (Å²) < 4.78 is 5.16. The van der Waals surface area contributed by atoms with Crippen LogP contribution in [0.15, 0.2) is 29.4 Å². The van der Waals surface area contributed by atoms with Gasteiger partial charge in [-0.05, 0) is 19.1 Å². The average molecular weight is 289 g/mol. The first-order chi connectivity index (χ1) is 9.93. The van der Waals surface area contributed by atoms with Gasteiger partial charge in [0, 0.05) is 18.2 Å². The van der Waals surface area contributed by atoms with Crippen LogP contribution in [0.5, 0.6) is 0 Å². The van der Waals surface area contributed by atoms with E-state index in [2.05, 4.69) is 17.2 Å². The third-order valence-corrected chi connectivity index (χ3v) is 4.17. The molecule has 0 aromatic rings. The van der Waals surface area contributed by atoms with Gasteiger partial charge in [0.2, 0.25) is 5.91 Å². The number of carbonyl (C=O) groups is 2. The van der Waals surface area contributed by atoms with Crippen molar-refractivity contribution in [1.82, 2.24) is 10.2 Å². The van der Waals surface area contributed by atoms with E-state index in [1.807, 2.05) is 12.2 Å². The van der Waals surface area contributed by atoms with Gasteiger partial charge in [-0.1, -0.05) is 13.0 Å². The Morgan fingerprint density at radius 1 is 1.43 bits per heavy atom. The Morgan fingerprint density at radius 2 is 2.19 bits per heavy atom. The van der Waals surface area contributed by atoms with Crippen molar-refractivity contribution in [3.63, 3.8) is 0 Å². The molecule has 0 aromatic heterocycles. The van der Waals surface area contributed by atoms with Gasteiger partial charge in [0.1, 0.15) is 11.4 Å². The number of amidine groups is 1. The number of hydrogen-bond donors (Lipinski definition) is 1. The Bertz CT molecular complexity index is 575. The summed E-state index contributed by atoms with van der Waals surface area (Å²) in [7, 11) is 0. The van der Waals surface area contributed by atoms with E-state index in [1.165, 1.54) is 0 Å². The number of aliphatic imine (C=N–C) groups is 1. The van der Waals surface area contributed by atoms with E-state index in [9.17, 15) is 9.59 Å². The number of hydrogen-bond acceptors (Lipinski definition) is 4. The van der Waals surface area contributed by atoms with Crippen molar-refractivity contribution in [2.75, 3.05) is 19.8 Å². The molecule has 1 atom stereocenters. The third-order valence-electron chi connectivity index (χ3n) is 4.17. The van der Waals surface area contributed by atoms with Gasteiger partial charge in [0.25, 0.3) is 5.91 Å². The smallest absolute Gasteiger partial charge is 0.274 e. The number of rotatable bonds is 4. The van der Waals surface area contributed by atoms with Gasteiger partial charge < -0.3 is 15.0 Å².